The van der Waals surface area contributed by atoms with Crippen molar-refractivity contribution in [1.29, 1.82) is 0 Å². The molecule has 0 atom stereocenters. The summed E-state index contributed by atoms with van der Waals surface area (Å²) < 4.78 is 0.874. The summed E-state index contributed by atoms with van der Waals surface area (Å²) in [5, 5.41) is 0. The van der Waals surface area contributed by atoms with Gasteiger partial charge in [0, 0.05) is 16.5 Å². The first kappa shape index (κ1) is 16.0. The number of halogens is 1. The highest BCUT2D eigenvalue weighted by Crippen LogP contribution is 2.24. The fraction of sp³-hybridized carbons (Fsp3) is 0.316. The summed E-state index contributed by atoms with van der Waals surface area (Å²) in [6, 6.07) is 14.2. The van der Waals surface area contributed by atoms with Crippen LogP contribution in [-0.2, 0) is 11.8 Å². The molecule has 0 N–H and O–H groups in total. The van der Waals surface area contributed by atoms with Crippen molar-refractivity contribution < 1.29 is 4.79 Å². The third-order valence-corrected chi connectivity index (χ3v) is 4.27. The lowest BCUT2D eigenvalue weighted by atomic mass is 9.86. The molecule has 0 fully saturated rings. The summed E-state index contributed by atoms with van der Waals surface area (Å²) >= 11 is 3.48. The van der Waals surface area contributed by atoms with E-state index in [0.29, 0.717) is 6.42 Å². The molecular weight excluding hydrogens is 324 g/mol. The van der Waals surface area contributed by atoms with Gasteiger partial charge in [0.1, 0.15) is 0 Å². The Morgan fingerprint density at radius 1 is 1.05 bits per heavy atom. The van der Waals surface area contributed by atoms with Crippen LogP contribution in [0.2, 0.25) is 0 Å². The molecule has 2 rings (SSSR count). The van der Waals surface area contributed by atoms with Crippen molar-refractivity contribution in [3.8, 4) is 0 Å². The van der Waals surface area contributed by atoms with Gasteiger partial charge in [-0.15, -0.1) is 0 Å². The van der Waals surface area contributed by atoms with E-state index >= 15 is 0 Å². The molecule has 0 radical (unpaired) electrons. The average Bonchev–Trinajstić information content (AvgIpc) is 2.38. The fourth-order valence-corrected chi connectivity index (χ4v) is 2.96. The quantitative estimate of drug-likeness (QED) is 0.673. The summed E-state index contributed by atoms with van der Waals surface area (Å²) in [7, 11) is 0. The predicted octanol–water partition coefficient (Wildman–Crippen LogP) is 5.48. The van der Waals surface area contributed by atoms with E-state index in [1.807, 2.05) is 25.1 Å². The van der Waals surface area contributed by atoms with E-state index in [1.54, 1.807) is 0 Å². The molecule has 0 aromatic heterocycles. The summed E-state index contributed by atoms with van der Waals surface area (Å²) in [4.78, 5) is 12.4. The van der Waals surface area contributed by atoms with Crippen molar-refractivity contribution >= 4 is 21.7 Å². The van der Waals surface area contributed by atoms with Gasteiger partial charge in [0.15, 0.2) is 5.78 Å². The van der Waals surface area contributed by atoms with Crippen molar-refractivity contribution in [2.75, 3.05) is 0 Å². The minimum atomic E-state index is 0.141. The Morgan fingerprint density at radius 2 is 1.67 bits per heavy atom. The molecule has 2 heteroatoms. The van der Waals surface area contributed by atoms with Crippen LogP contribution in [0.1, 0.15) is 47.8 Å². The molecule has 2 aromatic carbocycles. The molecule has 0 aliphatic heterocycles. The molecule has 0 spiro atoms. The van der Waals surface area contributed by atoms with Gasteiger partial charge in [-0.25, -0.2) is 0 Å². The summed E-state index contributed by atoms with van der Waals surface area (Å²) in [6.07, 6.45) is 0.437. The number of hydrogen-bond acceptors (Lipinski definition) is 1. The van der Waals surface area contributed by atoms with E-state index in [9.17, 15) is 4.79 Å². The Labute approximate surface area is 135 Å². The predicted molar refractivity (Wildman–Crippen MR) is 92.1 cm³/mol. The molecule has 0 heterocycles. The number of rotatable bonds is 3. The van der Waals surface area contributed by atoms with Gasteiger partial charge >= 0.3 is 0 Å². The number of benzene rings is 2. The van der Waals surface area contributed by atoms with E-state index in [-0.39, 0.29) is 11.2 Å². The zero-order valence-corrected chi connectivity index (χ0v) is 14.6. The second-order valence-electron chi connectivity index (χ2n) is 6.53. The van der Waals surface area contributed by atoms with E-state index in [1.165, 1.54) is 5.56 Å². The summed E-state index contributed by atoms with van der Waals surface area (Å²) in [5.41, 5.74) is 4.38. The average molecular weight is 345 g/mol. The van der Waals surface area contributed by atoms with Gasteiger partial charge in [0.25, 0.3) is 0 Å². The van der Waals surface area contributed by atoms with Gasteiger partial charge in [-0.2, -0.15) is 0 Å². The minimum absolute atomic E-state index is 0.141. The van der Waals surface area contributed by atoms with Crippen molar-refractivity contribution in [2.45, 2.75) is 39.5 Å². The highest BCUT2D eigenvalue weighted by atomic mass is 79.9. The Kier molecular flexibility index (Phi) is 4.67. The Balaban J connectivity index is 2.16. The molecule has 21 heavy (non-hydrogen) atoms. The monoisotopic (exact) mass is 344 g/mol. The number of aryl methyl sites for hydroxylation is 1. The van der Waals surface area contributed by atoms with Gasteiger partial charge in [0.2, 0.25) is 0 Å². The smallest absolute Gasteiger partial charge is 0.168 e. The van der Waals surface area contributed by atoms with Crippen molar-refractivity contribution in [2.24, 2.45) is 0 Å². The summed E-state index contributed by atoms with van der Waals surface area (Å²) in [5.74, 6) is 0.144. The Hall–Kier alpha value is -1.41. The third-order valence-electron chi connectivity index (χ3n) is 3.61. The van der Waals surface area contributed by atoms with Gasteiger partial charge in [-0.3, -0.25) is 4.79 Å². The van der Waals surface area contributed by atoms with Crippen LogP contribution in [0.4, 0.5) is 0 Å². The SMILES string of the molecule is Cc1ccc(C(=O)Cc2ccc(C(C)(C)C)cc2)c(Br)c1. The maximum Gasteiger partial charge on any atom is 0.168 e. The zero-order chi connectivity index (χ0) is 15.6. The third kappa shape index (κ3) is 4.04. The molecule has 0 unspecified atom stereocenters. The molecule has 2 aromatic rings. The first-order valence-corrected chi connectivity index (χ1v) is 7.95. The summed E-state index contributed by atoms with van der Waals surface area (Å²) in [6.45, 7) is 8.59. The van der Waals surface area contributed by atoms with Crippen LogP contribution >= 0.6 is 15.9 Å². The van der Waals surface area contributed by atoms with Crippen molar-refractivity contribution in [3.05, 3.63) is 69.2 Å². The first-order chi connectivity index (χ1) is 9.77. The second kappa shape index (κ2) is 6.15. The van der Waals surface area contributed by atoms with Crippen LogP contribution in [0.3, 0.4) is 0 Å². The molecule has 0 saturated heterocycles. The topological polar surface area (TPSA) is 17.1 Å². The first-order valence-electron chi connectivity index (χ1n) is 7.16. The highest BCUT2D eigenvalue weighted by molar-refractivity contribution is 9.10. The van der Waals surface area contributed by atoms with Crippen LogP contribution in [0, 0.1) is 6.92 Å². The standard InChI is InChI=1S/C19H21BrO/c1-13-5-10-16(17(20)11-13)18(21)12-14-6-8-15(9-7-14)19(2,3)4/h5-11H,12H2,1-4H3. The van der Waals surface area contributed by atoms with Crippen molar-refractivity contribution in [1.82, 2.24) is 0 Å². The molecule has 0 amide bonds. The lowest BCUT2D eigenvalue weighted by Gasteiger charge is -2.19. The highest BCUT2D eigenvalue weighted by Gasteiger charge is 2.14. The van der Waals surface area contributed by atoms with Crippen LogP contribution in [0.15, 0.2) is 46.9 Å². The van der Waals surface area contributed by atoms with E-state index in [2.05, 4.69) is 61.0 Å². The molecule has 0 bridgehead atoms. The Bertz CT molecular complexity index is 648. The zero-order valence-electron chi connectivity index (χ0n) is 13.0. The van der Waals surface area contributed by atoms with Crippen LogP contribution in [-0.4, -0.2) is 5.78 Å². The lowest BCUT2D eigenvalue weighted by molar-refractivity contribution is 0.0992. The molecule has 1 nitrogen and oxygen atoms in total. The van der Waals surface area contributed by atoms with Crippen molar-refractivity contribution in [3.63, 3.8) is 0 Å². The Morgan fingerprint density at radius 3 is 2.19 bits per heavy atom. The van der Waals surface area contributed by atoms with Gasteiger partial charge in [-0.05, 0) is 41.2 Å². The molecule has 0 aliphatic rings. The largest absolute Gasteiger partial charge is 0.294 e. The molecule has 0 aliphatic carbocycles. The molecular formula is C19H21BrO. The van der Waals surface area contributed by atoms with Gasteiger partial charge in [0.05, 0.1) is 0 Å². The van der Waals surface area contributed by atoms with E-state index < -0.39 is 0 Å². The van der Waals surface area contributed by atoms with Gasteiger partial charge in [-0.1, -0.05) is 67.0 Å². The van der Waals surface area contributed by atoms with E-state index in [0.717, 1.165) is 21.2 Å². The number of carbonyl (C=O) groups excluding carboxylic acids is 1. The minimum Gasteiger partial charge on any atom is -0.294 e. The lowest BCUT2D eigenvalue weighted by Crippen LogP contribution is -2.11. The second-order valence-corrected chi connectivity index (χ2v) is 7.38. The number of carbonyl (C=O) groups is 1. The van der Waals surface area contributed by atoms with Crippen LogP contribution < -0.4 is 0 Å². The fourth-order valence-electron chi connectivity index (χ4n) is 2.25. The maximum atomic E-state index is 12.4. The number of ketones is 1. The van der Waals surface area contributed by atoms with Gasteiger partial charge < -0.3 is 0 Å². The molecule has 0 saturated carbocycles. The number of Topliss-reactive ketones (excluding diaryl/α,β-unsaturated/α-hetero) is 1. The van der Waals surface area contributed by atoms with E-state index in [4.69, 9.17) is 0 Å². The van der Waals surface area contributed by atoms with Crippen LogP contribution in [0.5, 0.6) is 0 Å². The molecule has 110 valence electrons. The normalized spacial score (nSPS) is 11.5. The maximum absolute atomic E-state index is 12.4. The number of hydrogen-bond donors (Lipinski definition) is 0. The van der Waals surface area contributed by atoms with Crippen LogP contribution in [0.25, 0.3) is 0 Å².